The summed E-state index contributed by atoms with van der Waals surface area (Å²) >= 11 is 0. The van der Waals surface area contributed by atoms with Gasteiger partial charge in [0.2, 0.25) is 10.0 Å². The van der Waals surface area contributed by atoms with E-state index >= 15 is 0 Å². The van der Waals surface area contributed by atoms with Gasteiger partial charge in [0.1, 0.15) is 5.82 Å². The molecule has 0 unspecified atom stereocenters. The Kier molecular flexibility index (Phi) is 4.42. The molecule has 0 spiro atoms. The van der Waals surface area contributed by atoms with Crippen LogP contribution in [0.5, 0.6) is 0 Å². The van der Waals surface area contributed by atoms with Crippen LogP contribution in [-0.4, -0.2) is 40.8 Å². The molecule has 1 saturated heterocycles. The highest BCUT2D eigenvalue weighted by molar-refractivity contribution is 7.92. The van der Waals surface area contributed by atoms with Crippen molar-refractivity contribution in [1.82, 2.24) is 0 Å². The molecule has 1 aliphatic heterocycles. The minimum atomic E-state index is -3.62. The van der Waals surface area contributed by atoms with Crippen LogP contribution in [0, 0.1) is 17.7 Å². The van der Waals surface area contributed by atoms with Crippen molar-refractivity contribution in [1.29, 1.82) is 0 Å². The molecule has 1 heterocycles. The topological polar surface area (TPSA) is 75.7 Å². The quantitative estimate of drug-likeness (QED) is 0.837. The number of nitrogens with zero attached hydrogens (tertiary/aromatic N) is 1. The summed E-state index contributed by atoms with van der Waals surface area (Å²) in [6.45, 7) is 1.56. The second-order valence-corrected chi connectivity index (χ2v) is 8.41. The normalized spacial score (nSPS) is 23.2. The van der Waals surface area contributed by atoms with Crippen LogP contribution in [0.1, 0.15) is 29.6 Å². The molecular formula is C16H21FN2O4S. The number of piperidine rings is 1. The molecule has 1 saturated carbocycles. The maximum absolute atomic E-state index is 14.2. The Hall–Kier alpha value is -1.83. The third-order valence-corrected chi connectivity index (χ3v) is 5.32. The van der Waals surface area contributed by atoms with Gasteiger partial charge in [0.15, 0.2) is 0 Å². The maximum Gasteiger partial charge on any atom is 0.340 e. The first-order chi connectivity index (χ1) is 11.3. The van der Waals surface area contributed by atoms with Crippen molar-refractivity contribution < 1.29 is 22.3 Å². The number of fused-ring (bicyclic) bond motifs is 2. The Morgan fingerprint density at radius 1 is 1.29 bits per heavy atom. The zero-order valence-corrected chi connectivity index (χ0v) is 14.5. The van der Waals surface area contributed by atoms with Crippen molar-refractivity contribution in [3.05, 3.63) is 23.5 Å². The van der Waals surface area contributed by atoms with Gasteiger partial charge in [-0.3, -0.25) is 4.72 Å². The lowest BCUT2D eigenvalue weighted by molar-refractivity contribution is 0.0600. The Labute approximate surface area is 141 Å². The number of esters is 1. The Bertz CT molecular complexity index is 754. The summed E-state index contributed by atoms with van der Waals surface area (Å²) in [5, 5.41) is 0. The van der Waals surface area contributed by atoms with E-state index < -0.39 is 21.8 Å². The lowest BCUT2D eigenvalue weighted by Gasteiger charge is -2.34. The molecule has 2 fully saturated rings. The van der Waals surface area contributed by atoms with Gasteiger partial charge in [-0.2, -0.15) is 0 Å². The number of halogens is 1. The molecule has 1 N–H and O–H groups in total. The molecule has 3 rings (SSSR count). The number of hydrogen-bond acceptors (Lipinski definition) is 5. The highest BCUT2D eigenvalue weighted by Gasteiger charge is 2.34. The molecule has 1 aromatic rings. The van der Waals surface area contributed by atoms with Gasteiger partial charge in [-0.15, -0.1) is 0 Å². The summed E-state index contributed by atoms with van der Waals surface area (Å²) < 4.78 is 44.1. The monoisotopic (exact) mass is 356 g/mol. The third kappa shape index (κ3) is 3.48. The highest BCUT2D eigenvalue weighted by atomic mass is 32.2. The zero-order chi connectivity index (χ0) is 17.5. The van der Waals surface area contributed by atoms with Crippen LogP contribution in [0.25, 0.3) is 0 Å². The fourth-order valence-electron chi connectivity index (χ4n) is 3.78. The third-order valence-electron chi connectivity index (χ3n) is 4.73. The van der Waals surface area contributed by atoms with Crippen molar-refractivity contribution in [3.8, 4) is 0 Å². The van der Waals surface area contributed by atoms with Gasteiger partial charge in [-0.05, 0) is 43.2 Å². The number of rotatable bonds is 4. The molecule has 0 radical (unpaired) electrons. The fourth-order valence-corrected chi connectivity index (χ4v) is 4.34. The van der Waals surface area contributed by atoms with Gasteiger partial charge < -0.3 is 9.64 Å². The molecule has 6 nitrogen and oxygen atoms in total. The maximum atomic E-state index is 14.2. The van der Waals surface area contributed by atoms with Crippen molar-refractivity contribution >= 4 is 27.4 Å². The average molecular weight is 356 g/mol. The molecule has 0 amide bonds. The van der Waals surface area contributed by atoms with E-state index in [0.29, 0.717) is 17.5 Å². The number of carbonyl (C=O) groups excluding carboxylic acids is 1. The molecule has 0 aromatic heterocycles. The largest absolute Gasteiger partial charge is 0.465 e. The van der Waals surface area contributed by atoms with Gasteiger partial charge >= 0.3 is 5.97 Å². The first-order valence-corrected chi connectivity index (χ1v) is 9.80. The Morgan fingerprint density at radius 2 is 1.92 bits per heavy atom. The van der Waals surface area contributed by atoms with Gasteiger partial charge in [0.05, 0.1) is 30.3 Å². The van der Waals surface area contributed by atoms with E-state index in [1.165, 1.54) is 19.6 Å². The minimum absolute atomic E-state index is 0.121. The molecule has 1 aliphatic carbocycles. The summed E-state index contributed by atoms with van der Waals surface area (Å²) in [6, 6.07) is 2.44. The Morgan fingerprint density at radius 3 is 2.46 bits per heavy atom. The van der Waals surface area contributed by atoms with Crippen LogP contribution in [0.2, 0.25) is 0 Å². The number of ether oxygens (including phenoxy) is 1. The van der Waals surface area contributed by atoms with Gasteiger partial charge in [0.25, 0.3) is 0 Å². The summed E-state index contributed by atoms with van der Waals surface area (Å²) in [5.41, 5.74) is 0.486. The van der Waals surface area contributed by atoms with E-state index in [2.05, 4.69) is 4.72 Å². The van der Waals surface area contributed by atoms with E-state index in [1.807, 2.05) is 4.90 Å². The van der Waals surface area contributed by atoms with Gasteiger partial charge in [0, 0.05) is 13.1 Å². The molecule has 132 valence electrons. The molecular weight excluding hydrogens is 335 g/mol. The molecule has 2 bridgehead atoms. The number of sulfonamides is 1. The number of benzene rings is 1. The van der Waals surface area contributed by atoms with E-state index in [9.17, 15) is 17.6 Å². The molecule has 2 atom stereocenters. The van der Waals surface area contributed by atoms with Crippen molar-refractivity contribution in [2.45, 2.75) is 19.3 Å². The van der Waals surface area contributed by atoms with Crippen molar-refractivity contribution in [2.24, 2.45) is 11.8 Å². The predicted octanol–water partition coefficient (Wildman–Crippen LogP) is 2.22. The minimum Gasteiger partial charge on any atom is -0.465 e. The van der Waals surface area contributed by atoms with Crippen LogP contribution in [0.3, 0.4) is 0 Å². The summed E-state index contributed by atoms with van der Waals surface area (Å²) in [7, 11) is -2.38. The molecule has 2 aliphatic rings. The zero-order valence-electron chi connectivity index (χ0n) is 13.7. The summed E-state index contributed by atoms with van der Waals surface area (Å²) in [4.78, 5) is 14.1. The average Bonchev–Trinajstić information content (AvgIpc) is 2.85. The second kappa shape index (κ2) is 6.23. The lowest BCUT2D eigenvalue weighted by Crippen LogP contribution is -2.37. The lowest BCUT2D eigenvalue weighted by atomic mass is 9.97. The van der Waals surface area contributed by atoms with E-state index in [4.69, 9.17) is 4.74 Å². The fraction of sp³-hybridized carbons (Fsp3) is 0.562. The standard InChI is InChI=1S/C16H21FN2O4S/c1-23-16(20)12-6-13(17)14(18-24(2,21)22)7-15(12)19-8-10-3-4-11(5-10)9-19/h6-7,10-11,18H,3-5,8-9H2,1-2H3/t10-,11+. The van der Waals surface area contributed by atoms with E-state index in [-0.39, 0.29) is 11.3 Å². The SMILES string of the molecule is COC(=O)c1cc(F)c(NS(C)(=O)=O)cc1N1C[C@@H]2CC[C@@H](C2)C1. The van der Waals surface area contributed by atoms with E-state index in [1.54, 1.807) is 0 Å². The first kappa shape index (κ1) is 17.0. The van der Waals surface area contributed by atoms with E-state index in [0.717, 1.165) is 38.3 Å². The van der Waals surface area contributed by atoms with Crippen molar-refractivity contribution in [2.75, 3.05) is 36.1 Å². The Balaban J connectivity index is 2.03. The number of hydrogen-bond donors (Lipinski definition) is 1. The van der Waals surface area contributed by atoms with Gasteiger partial charge in [-0.25, -0.2) is 17.6 Å². The van der Waals surface area contributed by atoms with Crippen LogP contribution >= 0.6 is 0 Å². The van der Waals surface area contributed by atoms with Gasteiger partial charge in [-0.1, -0.05) is 0 Å². The van der Waals surface area contributed by atoms with Crippen LogP contribution in [0.15, 0.2) is 12.1 Å². The highest BCUT2D eigenvalue weighted by Crippen LogP contribution is 2.40. The number of carbonyl (C=O) groups is 1. The number of nitrogens with one attached hydrogen (secondary N) is 1. The van der Waals surface area contributed by atoms with Crippen molar-refractivity contribution in [3.63, 3.8) is 0 Å². The smallest absolute Gasteiger partial charge is 0.340 e. The summed E-state index contributed by atoms with van der Waals surface area (Å²) in [5.74, 6) is -0.312. The van der Waals surface area contributed by atoms with Crippen LogP contribution < -0.4 is 9.62 Å². The molecule has 8 heteroatoms. The molecule has 1 aromatic carbocycles. The van der Waals surface area contributed by atoms with Crippen LogP contribution in [0.4, 0.5) is 15.8 Å². The second-order valence-electron chi connectivity index (χ2n) is 6.67. The predicted molar refractivity (Wildman–Crippen MR) is 89.3 cm³/mol. The first-order valence-electron chi connectivity index (χ1n) is 7.91. The number of methoxy groups -OCH3 is 1. The molecule has 24 heavy (non-hydrogen) atoms. The van der Waals surface area contributed by atoms with Crippen LogP contribution in [-0.2, 0) is 14.8 Å². The number of anilines is 2. The summed E-state index contributed by atoms with van der Waals surface area (Å²) in [6.07, 6.45) is 4.45.